The van der Waals surface area contributed by atoms with E-state index in [4.69, 9.17) is 4.42 Å². The van der Waals surface area contributed by atoms with E-state index in [1.165, 1.54) is 11.1 Å². The zero-order chi connectivity index (χ0) is 17.8. The van der Waals surface area contributed by atoms with E-state index in [2.05, 4.69) is 41.4 Å². The lowest BCUT2D eigenvalue weighted by molar-refractivity contribution is 0.135. The Morgan fingerprint density at radius 3 is 2.52 bits per heavy atom. The number of urea groups is 1. The number of piperazine rings is 1. The summed E-state index contributed by atoms with van der Waals surface area (Å²) in [5, 5.41) is 3.00. The van der Waals surface area contributed by atoms with Gasteiger partial charge in [-0.15, -0.1) is 0 Å². The van der Waals surface area contributed by atoms with E-state index in [0.717, 1.165) is 49.8 Å². The van der Waals surface area contributed by atoms with Crippen LogP contribution in [0.1, 0.15) is 28.2 Å². The Morgan fingerprint density at radius 1 is 1.12 bits per heavy atom. The summed E-state index contributed by atoms with van der Waals surface area (Å²) in [6, 6.07) is 10.6. The van der Waals surface area contributed by atoms with Crippen LogP contribution in [0.2, 0.25) is 0 Å². The van der Waals surface area contributed by atoms with Crippen molar-refractivity contribution in [3.8, 4) is 0 Å². The van der Waals surface area contributed by atoms with E-state index in [9.17, 15) is 4.79 Å². The average molecular weight is 341 g/mol. The molecule has 2 heterocycles. The fourth-order valence-corrected chi connectivity index (χ4v) is 3.32. The summed E-state index contributed by atoms with van der Waals surface area (Å²) in [6.07, 6.45) is 0. The van der Waals surface area contributed by atoms with Crippen molar-refractivity contribution in [3.63, 3.8) is 0 Å². The Hall–Kier alpha value is -2.27. The van der Waals surface area contributed by atoms with Crippen LogP contribution in [0, 0.1) is 20.8 Å². The van der Waals surface area contributed by atoms with Crippen LogP contribution in [-0.2, 0) is 13.1 Å². The molecule has 134 valence electrons. The number of hydrogen-bond acceptors (Lipinski definition) is 3. The normalized spacial score (nSPS) is 15.4. The van der Waals surface area contributed by atoms with Crippen LogP contribution in [0.3, 0.4) is 0 Å². The second-order valence-corrected chi connectivity index (χ2v) is 6.85. The number of furan rings is 1. The fourth-order valence-electron chi connectivity index (χ4n) is 3.32. The molecule has 5 nitrogen and oxygen atoms in total. The molecule has 0 radical (unpaired) electrons. The smallest absolute Gasteiger partial charge is 0.317 e. The van der Waals surface area contributed by atoms with Crippen LogP contribution in [0.5, 0.6) is 0 Å². The summed E-state index contributed by atoms with van der Waals surface area (Å²) in [5.41, 5.74) is 3.67. The van der Waals surface area contributed by atoms with Crippen molar-refractivity contribution in [2.75, 3.05) is 26.2 Å². The van der Waals surface area contributed by atoms with Crippen LogP contribution < -0.4 is 5.32 Å². The summed E-state index contributed by atoms with van der Waals surface area (Å²) < 4.78 is 5.50. The van der Waals surface area contributed by atoms with Gasteiger partial charge in [0.25, 0.3) is 0 Å². The van der Waals surface area contributed by atoms with Crippen molar-refractivity contribution in [2.45, 2.75) is 33.9 Å². The summed E-state index contributed by atoms with van der Waals surface area (Å²) in [7, 11) is 0. The Labute approximate surface area is 149 Å². The molecule has 5 heteroatoms. The monoisotopic (exact) mass is 341 g/mol. The molecule has 2 aromatic rings. The lowest BCUT2D eigenvalue weighted by atomic mass is 10.1. The summed E-state index contributed by atoms with van der Waals surface area (Å²) in [6.45, 7) is 10.8. The fraction of sp³-hybridized carbons (Fsp3) is 0.450. The zero-order valence-corrected chi connectivity index (χ0v) is 15.3. The highest BCUT2D eigenvalue weighted by molar-refractivity contribution is 5.74. The van der Waals surface area contributed by atoms with Gasteiger partial charge in [0, 0.05) is 44.8 Å². The molecule has 0 bridgehead atoms. The van der Waals surface area contributed by atoms with Crippen LogP contribution in [0.25, 0.3) is 0 Å². The minimum atomic E-state index is 0.00783. The number of nitrogens with zero attached hydrogens (tertiary/aromatic N) is 2. The maximum atomic E-state index is 12.4. The van der Waals surface area contributed by atoms with Gasteiger partial charge in [0.2, 0.25) is 0 Å². The molecule has 1 aliphatic heterocycles. The van der Waals surface area contributed by atoms with Crippen molar-refractivity contribution in [2.24, 2.45) is 0 Å². The topological polar surface area (TPSA) is 48.7 Å². The number of carbonyl (C=O) groups excluding carboxylic acids is 1. The van der Waals surface area contributed by atoms with Gasteiger partial charge in [0.1, 0.15) is 11.5 Å². The van der Waals surface area contributed by atoms with Crippen molar-refractivity contribution in [1.29, 1.82) is 0 Å². The molecule has 1 fully saturated rings. The molecule has 25 heavy (non-hydrogen) atoms. The van der Waals surface area contributed by atoms with E-state index < -0.39 is 0 Å². The first-order valence-electron chi connectivity index (χ1n) is 8.88. The predicted octanol–water partition coefficient (Wildman–Crippen LogP) is 3.23. The Bertz CT molecular complexity index is 730. The highest BCUT2D eigenvalue weighted by Gasteiger charge is 2.21. The highest BCUT2D eigenvalue weighted by atomic mass is 16.3. The summed E-state index contributed by atoms with van der Waals surface area (Å²) >= 11 is 0. The van der Waals surface area contributed by atoms with Crippen molar-refractivity contribution < 1.29 is 9.21 Å². The van der Waals surface area contributed by atoms with Crippen LogP contribution in [0.4, 0.5) is 4.79 Å². The van der Waals surface area contributed by atoms with Gasteiger partial charge in [-0.2, -0.15) is 0 Å². The van der Waals surface area contributed by atoms with Gasteiger partial charge < -0.3 is 14.6 Å². The second-order valence-electron chi connectivity index (χ2n) is 6.85. The van der Waals surface area contributed by atoms with Gasteiger partial charge in [-0.3, -0.25) is 4.90 Å². The molecule has 1 aliphatic rings. The third kappa shape index (κ3) is 4.63. The van der Waals surface area contributed by atoms with Gasteiger partial charge in [0.05, 0.1) is 0 Å². The van der Waals surface area contributed by atoms with Gasteiger partial charge in [-0.25, -0.2) is 4.79 Å². The minimum Gasteiger partial charge on any atom is -0.466 e. The first kappa shape index (κ1) is 17.5. The molecule has 0 unspecified atom stereocenters. The lowest BCUT2D eigenvalue weighted by Gasteiger charge is -2.34. The molecule has 0 saturated carbocycles. The molecule has 0 spiro atoms. The van der Waals surface area contributed by atoms with Gasteiger partial charge in [0.15, 0.2) is 0 Å². The van der Waals surface area contributed by atoms with E-state index in [-0.39, 0.29) is 6.03 Å². The largest absolute Gasteiger partial charge is 0.466 e. The van der Waals surface area contributed by atoms with E-state index in [1.807, 2.05) is 24.8 Å². The third-order valence-corrected chi connectivity index (χ3v) is 4.72. The lowest BCUT2D eigenvalue weighted by Crippen LogP contribution is -2.51. The number of carbonyl (C=O) groups is 1. The molecular weight excluding hydrogens is 314 g/mol. The van der Waals surface area contributed by atoms with Crippen molar-refractivity contribution >= 4 is 6.03 Å². The molecule has 2 amide bonds. The van der Waals surface area contributed by atoms with Crippen molar-refractivity contribution in [3.05, 3.63) is 58.5 Å². The predicted molar refractivity (Wildman–Crippen MR) is 98.4 cm³/mol. The molecule has 3 rings (SSSR count). The number of aryl methyl sites for hydroxylation is 3. The maximum absolute atomic E-state index is 12.4. The Balaban J connectivity index is 1.45. The summed E-state index contributed by atoms with van der Waals surface area (Å²) in [5.74, 6) is 1.76. The van der Waals surface area contributed by atoms with Crippen LogP contribution in [0.15, 0.2) is 34.7 Å². The molecule has 1 N–H and O–H groups in total. The molecule has 0 atom stereocenters. The third-order valence-electron chi connectivity index (χ3n) is 4.72. The molecule has 1 saturated heterocycles. The van der Waals surface area contributed by atoms with Crippen LogP contribution >= 0.6 is 0 Å². The molecule has 0 aliphatic carbocycles. The number of nitrogens with one attached hydrogen (secondary N) is 1. The summed E-state index contributed by atoms with van der Waals surface area (Å²) in [4.78, 5) is 16.7. The number of rotatable bonds is 4. The number of amides is 2. The first-order chi connectivity index (χ1) is 12.0. The quantitative estimate of drug-likeness (QED) is 0.929. The minimum absolute atomic E-state index is 0.00783. The number of hydrogen-bond donors (Lipinski definition) is 1. The first-order valence-corrected chi connectivity index (χ1v) is 8.88. The Kier molecular flexibility index (Phi) is 5.43. The highest BCUT2D eigenvalue weighted by Crippen LogP contribution is 2.14. The molecule has 1 aromatic heterocycles. The standard InChI is InChI=1S/C20H27N3O2/c1-15-5-4-6-18(11-15)14-22-7-9-23(10-8-22)20(24)21-13-19-12-16(2)25-17(19)3/h4-6,11-12H,7-10,13-14H2,1-3H3,(H,21,24). The zero-order valence-electron chi connectivity index (χ0n) is 15.3. The van der Waals surface area contributed by atoms with Gasteiger partial charge in [-0.05, 0) is 32.4 Å². The number of benzene rings is 1. The second kappa shape index (κ2) is 7.74. The SMILES string of the molecule is Cc1cccc(CN2CCN(C(=O)NCc3cc(C)oc3C)CC2)c1. The van der Waals surface area contributed by atoms with E-state index in [0.29, 0.717) is 6.54 Å². The van der Waals surface area contributed by atoms with Gasteiger partial charge in [-0.1, -0.05) is 29.8 Å². The van der Waals surface area contributed by atoms with E-state index in [1.54, 1.807) is 0 Å². The molecule has 1 aromatic carbocycles. The maximum Gasteiger partial charge on any atom is 0.317 e. The average Bonchev–Trinajstić information content (AvgIpc) is 2.91. The van der Waals surface area contributed by atoms with Crippen molar-refractivity contribution in [1.82, 2.24) is 15.1 Å². The van der Waals surface area contributed by atoms with Crippen LogP contribution in [-0.4, -0.2) is 42.0 Å². The Morgan fingerprint density at radius 2 is 1.88 bits per heavy atom. The molecular formula is C20H27N3O2. The van der Waals surface area contributed by atoms with E-state index >= 15 is 0 Å². The van der Waals surface area contributed by atoms with Gasteiger partial charge >= 0.3 is 6.03 Å².